The highest BCUT2D eigenvalue weighted by atomic mass is 32.1. The van der Waals surface area contributed by atoms with E-state index in [0.29, 0.717) is 18.8 Å². The van der Waals surface area contributed by atoms with Crippen LogP contribution in [0.5, 0.6) is 0 Å². The van der Waals surface area contributed by atoms with Gasteiger partial charge in [0.25, 0.3) is 11.8 Å². The lowest BCUT2D eigenvalue weighted by Gasteiger charge is -2.33. The Kier molecular flexibility index (Phi) is 5.87. The summed E-state index contributed by atoms with van der Waals surface area (Å²) in [5.74, 6) is -0.247. The Morgan fingerprint density at radius 1 is 1.20 bits per heavy atom. The third-order valence-electron chi connectivity index (χ3n) is 5.95. The zero-order valence-electron chi connectivity index (χ0n) is 16.9. The summed E-state index contributed by atoms with van der Waals surface area (Å²) in [5, 5.41) is 8.90. The molecule has 1 spiro atoms. The normalized spacial score (nSPS) is 24.7. The van der Waals surface area contributed by atoms with Crippen LogP contribution in [-0.2, 0) is 9.59 Å². The van der Waals surface area contributed by atoms with Crippen LogP contribution in [0.25, 0.3) is 0 Å². The molecule has 2 fully saturated rings. The fraction of sp³-hybridized carbons (Fsp3) is 0.409. The number of urea groups is 1. The molecular formula is C22H26N4O3S. The predicted molar refractivity (Wildman–Crippen MR) is 114 cm³/mol. The topological polar surface area (TPSA) is 90.5 Å². The Bertz CT molecular complexity index is 908. The van der Waals surface area contributed by atoms with Crippen molar-refractivity contribution in [1.29, 1.82) is 0 Å². The number of hydrogen-bond donors (Lipinski definition) is 3. The van der Waals surface area contributed by atoms with Crippen molar-refractivity contribution in [1.82, 2.24) is 21.1 Å². The summed E-state index contributed by atoms with van der Waals surface area (Å²) in [6, 6.07) is 13.1. The second-order valence-electron chi connectivity index (χ2n) is 8.11. The van der Waals surface area contributed by atoms with E-state index in [4.69, 9.17) is 0 Å². The molecule has 1 aliphatic heterocycles. The lowest BCUT2D eigenvalue weighted by atomic mass is 9.77. The number of thiophene rings is 1. The van der Waals surface area contributed by atoms with E-state index in [1.807, 2.05) is 47.8 Å². The number of benzene rings is 1. The molecule has 30 heavy (non-hydrogen) atoms. The number of hydrazine groups is 1. The standard InChI is InChI=1S/C22H26N4O3S/c1-15-9-11-22(12-10-15)20(28)26(21(29)24-22)25-18(27)14-23-19(17-8-5-13-30-17)16-6-3-2-4-7-16/h2-8,13,15,19,23H,9-12,14H2,1H3,(H,24,29)(H,25,27)/t15?,19-,22?/m1/s1. The maximum Gasteiger partial charge on any atom is 0.344 e. The van der Waals surface area contributed by atoms with Gasteiger partial charge in [0.2, 0.25) is 0 Å². The molecule has 2 heterocycles. The molecule has 1 aromatic heterocycles. The Morgan fingerprint density at radius 3 is 2.60 bits per heavy atom. The molecule has 158 valence electrons. The van der Waals surface area contributed by atoms with Gasteiger partial charge in [-0.05, 0) is 48.6 Å². The van der Waals surface area contributed by atoms with E-state index in [0.717, 1.165) is 28.3 Å². The van der Waals surface area contributed by atoms with Crippen molar-refractivity contribution in [2.75, 3.05) is 6.54 Å². The molecule has 1 saturated carbocycles. The number of hydrogen-bond acceptors (Lipinski definition) is 5. The molecule has 0 radical (unpaired) electrons. The van der Waals surface area contributed by atoms with Gasteiger partial charge in [-0.25, -0.2) is 4.79 Å². The summed E-state index contributed by atoms with van der Waals surface area (Å²) in [4.78, 5) is 38.9. The van der Waals surface area contributed by atoms with Crippen LogP contribution in [-0.4, -0.2) is 34.9 Å². The molecule has 2 aromatic rings. The summed E-state index contributed by atoms with van der Waals surface area (Å²) < 4.78 is 0. The van der Waals surface area contributed by atoms with Gasteiger partial charge < -0.3 is 5.32 Å². The molecule has 1 aromatic carbocycles. The van der Waals surface area contributed by atoms with E-state index in [1.165, 1.54) is 0 Å². The number of imide groups is 1. The first-order valence-corrected chi connectivity index (χ1v) is 11.1. The van der Waals surface area contributed by atoms with Gasteiger partial charge >= 0.3 is 6.03 Å². The van der Waals surface area contributed by atoms with Gasteiger partial charge in [-0.2, -0.15) is 5.01 Å². The second kappa shape index (κ2) is 8.57. The molecule has 7 nitrogen and oxygen atoms in total. The monoisotopic (exact) mass is 426 g/mol. The molecule has 1 atom stereocenters. The zero-order valence-corrected chi connectivity index (χ0v) is 17.7. The highest BCUT2D eigenvalue weighted by molar-refractivity contribution is 7.10. The van der Waals surface area contributed by atoms with Gasteiger partial charge in [-0.1, -0.05) is 43.3 Å². The average Bonchev–Trinajstić information content (AvgIpc) is 3.35. The van der Waals surface area contributed by atoms with Gasteiger partial charge in [-0.15, -0.1) is 11.3 Å². The first-order chi connectivity index (χ1) is 14.5. The van der Waals surface area contributed by atoms with E-state index in [2.05, 4.69) is 23.0 Å². The SMILES string of the molecule is CC1CCC2(CC1)NC(=O)N(NC(=O)CN[C@H](c1ccccc1)c1cccs1)C2=O. The number of rotatable bonds is 6. The first-order valence-electron chi connectivity index (χ1n) is 10.3. The van der Waals surface area contributed by atoms with Crippen LogP contribution < -0.4 is 16.1 Å². The van der Waals surface area contributed by atoms with Gasteiger partial charge in [0.1, 0.15) is 5.54 Å². The molecule has 1 saturated heterocycles. The third kappa shape index (κ3) is 4.11. The minimum absolute atomic E-state index is 0.0292. The van der Waals surface area contributed by atoms with Crippen molar-refractivity contribution in [3.63, 3.8) is 0 Å². The third-order valence-corrected chi connectivity index (χ3v) is 6.89. The minimum atomic E-state index is -0.867. The Labute approximate surface area is 179 Å². The molecule has 4 amide bonds. The molecule has 8 heteroatoms. The van der Waals surface area contributed by atoms with Crippen LogP contribution in [0.3, 0.4) is 0 Å². The smallest absolute Gasteiger partial charge is 0.322 e. The molecule has 4 rings (SSSR count). The Hall–Kier alpha value is -2.71. The van der Waals surface area contributed by atoms with Crippen LogP contribution in [0.4, 0.5) is 4.79 Å². The molecule has 2 aliphatic rings. The number of carbonyl (C=O) groups is 3. The first kappa shape index (κ1) is 20.6. The molecular weight excluding hydrogens is 400 g/mol. The second-order valence-corrected chi connectivity index (χ2v) is 9.09. The van der Waals surface area contributed by atoms with Crippen molar-refractivity contribution in [3.05, 3.63) is 58.3 Å². The highest BCUT2D eigenvalue weighted by Gasteiger charge is 2.52. The number of nitrogens with one attached hydrogen (secondary N) is 3. The lowest BCUT2D eigenvalue weighted by molar-refractivity contribution is -0.139. The summed E-state index contributed by atoms with van der Waals surface area (Å²) in [6.07, 6.45) is 2.99. The summed E-state index contributed by atoms with van der Waals surface area (Å²) >= 11 is 1.60. The number of carbonyl (C=O) groups excluding carboxylic acids is 3. The number of amides is 4. The molecule has 0 unspecified atom stereocenters. The van der Waals surface area contributed by atoms with Crippen molar-refractivity contribution >= 4 is 29.2 Å². The lowest BCUT2D eigenvalue weighted by Crippen LogP contribution is -2.52. The van der Waals surface area contributed by atoms with Crippen molar-refractivity contribution in [2.24, 2.45) is 5.92 Å². The van der Waals surface area contributed by atoms with Gasteiger partial charge in [0.15, 0.2) is 0 Å². The van der Waals surface area contributed by atoms with Crippen LogP contribution >= 0.6 is 11.3 Å². The van der Waals surface area contributed by atoms with Crippen LogP contribution in [0.2, 0.25) is 0 Å². The van der Waals surface area contributed by atoms with E-state index >= 15 is 0 Å². The average molecular weight is 427 g/mol. The minimum Gasteiger partial charge on any atom is -0.322 e. The van der Waals surface area contributed by atoms with Crippen LogP contribution in [0.15, 0.2) is 47.8 Å². The van der Waals surface area contributed by atoms with E-state index < -0.39 is 17.5 Å². The van der Waals surface area contributed by atoms with E-state index in [-0.39, 0.29) is 18.5 Å². The van der Waals surface area contributed by atoms with Crippen LogP contribution in [0.1, 0.15) is 49.1 Å². The maximum absolute atomic E-state index is 12.9. The largest absolute Gasteiger partial charge is 0.344 e. The quantitative estimate of drug-likeness (QED) is 0.620. The van der Waals surface area contributed by atoms with Crippen molar-refractivity contribution in [2.45, 2.75) is 44.2 Å². The molecule has 3 N–H and O–H groups in total. The zero-order chi connectivity index (χ0) is 21.1. The number of nitrogens with zero attached hydrogens (tertiary/aromatic N) is 1. The van der Waals surface area contributed by atoms with Gasteiger partial charge in [-0.3, -0.25) is 20.3 Å². The van der Waals surface area contributed by atoms with E-state index in [1.54, 1.807) is 11.3 Å². The fourth-order valence-corrected chi connectivity index (χ4v) is 4.99. The summed E-state index contributed by atoms with van der Waals surface area (Å²) in [7, 11) is 0. The van der Waals surface area contributed by atoms with Crippen molar-refractivity contribution < 1.29 is 14.4 Å². The predicted octanol–water partition coefficient (Wildman–Crippen LogP) is 2.96. The molecule has 1 aliphatic carbocycles. The Balaban J connectivity index is 1.39. The van der Waals surface area contributed by atoms with Gasteiger partial charge in [0.05, 0.1) is 12.6 Å². The van der Waals surface area contributed by atoms with E-state index in [9.17, 15) is 14.4 Å². The fourth-order valence-electron chi connectivity index (χ4n) is 4.16. The highest BCUT2D eigenvalue weighted by Crippen LogP contribution is 2.35. The Morgan fingerprint density at radius 2 is 1.93 bits per heavy atom. The molecule has 0 bridgehead atoms. The maximum atomic E-state index is 12.9. The summed E-state index contributed by atoms with van der Waals surface area (Å²) in [6.45, 7) is 2.12. The van der Waals surface area contributed by atoms with Crippen molar-refractivity contribution in [3.8, 4) is 0 Å². The summed E-state index contributed by atoms with van der Waals surface area (Å²) in [5.41, 5.74) is 2.66. The van der Waals surface area contributed by atoms with Gasteiger partial charge in [0, 0.05) is 4.88 Å². The van der Waals surface area contributed by atoms with Crippen LogP contribution in [0, 0.1) is 5.92 Å².